The Balaban J connectivity index is 2.31. The molecule has 0 spiro atoms. The van der Waals surface area contributed by atoms with Crippen molar-refractivity contribution in [1.29, 1.82) is 0 Å². The minimum atomic E-state index is -3.47. The van der Waals surface area contributed by atoms with Gasteiger partial charge in [-0.05, 0) is 30.3 Å². The number of halogens is 2. The predicted molar refractivity (Wildman–Crippen MR) is 88.2 cm³/mol. The van der Waals surface area contributed by atoms with Gasteiger partial charge in [-0.25, -0.2) is 17.2 Å². The van der Waals surface area contributed by atoms with Crippen LogP contribution in [0.3, 0.4) is 0 Å². The van der Waals surface area contributed by atoms with Gasteiger partial charge in [0, 0.05) is 31.6 Å². The number of nitrogens with zero attached hydrogens (tertiary/aromatic N) is 1. The molecule has 0 aliphatic heterocycles. The van der Waals surface area contributed by atoms with Crippen LogP contribution < -0.4 is 10.2 Å². The molecule has 2 rings (SSSR count). The number of anilines is 2. The molecule has 2 aromatic rings. The Bertz CT molecular complexity index is 873. The topological polar surface area (TPSA) is 66.5 Å². The first kappa shape index (κ1) is 17.9. The molecular weight excluding hydrogens is 338 g/mol. The van der Waals surface area contributed by atoms with Crippen molar-refractivity contribution in [3.63, 3.8) is 0 Å². The van der Waals surface area contributed by atoms with E-state index >= 15 is 0 Å². The molecule has 0 bridgehead atoms. The van der Waals surface area contributed by atoms with E-state index in [1.807, 2.05) is 0 Å². The quantitative estimate of drug-likeness (QED) is 0.917. The van der Waals surface area contributed by atoms with Crippen molar-refractivity contribution in [2.24, 2.45) is 0 Å². The van der Waals surface area contributed by atoms with Crippen LogP contribution >= 0.6 is 0 Å². The molecule has 128 valence electrons. The van der Waals surface area contributed by atoms with Gasteiger partial charge in [-0.3, -0.25) is 4.79 Å². The highest BCUT2D eigenvalue weighted by atomic mass is 32.2. The lowest BCUT2D eigenvalue weighted by molar-refractivity contribution is 0.102. The van der Waals surface area contributed by atoms with Crippen molar-refractivity contribution >= 4 is 27.1 Å². The molecule has 0 saturated heterocycles. The molecule has 0 fully saturated rings. The third-order valence-corrected chi connectivity index (χ3v) is 4.36. The Morgan fingerprint density at radius 2 is 1.67 bits per heavy atom. The molecule has 0 atom stereocenters. The first-order chi connectivity index (χ1) is 11.1. The van der Waals surface area contributed by atoms with Gasteiger partial charge in [0.15, 0.2) is 21.5 Å². The summed E-state index contributed by atoms with van der Waals surface area (Å²) in [6.45, 7) is 0. The van der Waals surface area contributed by atoms with Crippen LogP contribution in [0.2, 0.25) is 0 Å². The number of sulfone groups is 1. The summed E-state index contributed by atoms with van der Waals surface area (Å²) in [6.07, 6.45) is 1.02. The Morgan fingerprint density at radius 3 is 2.17 bits per heavy atom. The van der Waals surface area contributed by atoms with Crippen LogP contribution in [0.25, 0.3) is 0 Å². The summed E-state index contributed by atoms with van der Waals surface area (Å²) in [7, 11) is -0.473. The zero-order chi connectivity index (χ0) is 18.1. The van der Waals surface area contributed by atoms with E-state index in [0.717, 1.165) is 18.4 Å². The molecule has 0 saturated carbocycles. The average Bonchev–Trinajstić information content (AvgIpc) is 2.45. The summed E-state index contributed by atoms with van der Waals surface area (Å²) in [6, 6.07) is 7.38. The Labute approximate surface area is 138 Å². The van der Waals surface area contributed by atoms with Gasteiger partial charge in [-0.1, -0.05) is 6.07 Å². The Kier molecular flexibility index (Phi) is 4.88. The maximum Gasteiger partial charge on any atom is 0.255 e. The molecule has 8 heteroatoms. The predicted octanol–water partition coefficient (Wildman–Crippen LogP) is 2.69. The SMILES string of the molecule is CN(C)c1c(F)cc(NC(=O)c2cccc(S(C)(=O)=O)c2)cc1F. The van der Waals surface area contributed by atoms with Gasteiger partial charge in [-0.15, -0.1) is 0 Å². The van der Waals surface area contributed by atoms with Crippen molar-refractivity contribution in [3.8, 4) is 0 Å². The number of carbonyl (C=O) groups excluding carboxylic acids is 1. The normalized spacial score (nSPS) is 11.2. The maximum absolute atomic E-state index is 13.9. The van der Waals surface area contributed by atoms with Crippen LogP contribution in [0.4, 0.5) is 20.2 Å². The third kappa shape index (κ3) is 3.88. The third-order valence-electron chi connectivity index (χ3n) is 3.25. The number of hydrogen-bond donors (Lipinski definition) is 1. The zero-order valence-corrected chi connectivity index (χ0v) is 14.1. The van der Waals surface area contributed by atoms with Gasteiger partial charge < -0.3 is 10.2 Å². The van der Waals surface area contributed by atoms with Crippen molar-refractivity contribution in [3.05, 3.63) is 53.6 Å². The van der Waals surface area contributed by atoms with Gasteiger partial charge in [0.1, 0.15) is 5.69 Å². The summed E-state index contributed by atoms with van der Waals surface area (Å²) in [5, 5.41) is 2.35. The van der Waals surface area contributed by atoms with Crippen molar-refractivity contribution in [2.45, 2.75) is 4.90 Å². The van der Waals surface area contributed by atoms with Crippen LogP contribution in [-0.4, -0.2) is 34.7 Å². The van der Waals surface area contributed by atoms with Crippen molar-refractivity contribution in [1.82, 2.24) is 0 Å². The zero-order valence-electron chi connectivity index (χ0n) is 13.3. The van der Waals surface area contributed by atoms with E-state index in [0.29, 0.717) is 0 Å². The highest BCUT2D eigenvalue weighted by Gasteiger charge is 2.16. The lowest BCUT2D eigenvalue weighted by Gasteiger charge is -2.16. The molecule has 24 heavy (non-hydrogen) atoms. The first-order valence-corrected chi connectivity index (χ1v) is 8.76. The van der Waals surface area contributed by atoms with Gasteiger partial charge in [0.25, 0.3) is 5.91 Å². The highest BCUT2D eigenvalue weighted by Crippen LogP contribution is 2.26. The number of nitrogens with one attached hydrogen (secondary N) is 1. The molecule has 0 aliphatic carbocycles. The number of amides is 1. The fourth-order valence-electron chi connectivity index (χ4n) is 2.14. The Hall–Kier alpha value is -2.48. The second kappa shape index (κ2) is 6.56. The second-order valence-corrected chi connectivity index (χ2v) is 7.45. The van der Waals surface area contributed by atoms with E-state index in [2.05, 4.69) is 5.32 Å². The van der Waals surface area contributed by atoms with Crippen LogP contribution in [0, 0.1) is 11.6 Å². The molecule has 2 aromatic carbocycles. The summed E-state index contributed by atoms with van der Waals surface area (Å²) in [5.41, 5.74) is -0.215. The summed E-state index contributed by atoms with van der Waals surface area (Å²) >= 11 is 0. The van der Waals surface area contributed by atoms with Crippen LogP contribution in [0.15, 0.2) is 41.3 Å². The van der Waals surface area contributed by atoms with Crippen LogP contribution in [0.1, 0.15) is 10.4 Å². The molecular formula is C16H16F2N2O3S. The van der Waals surface area contributed by atoms with Gasteiger partial charge >= 0.3 is 0 Å². The monoisotopic (exact) mass is 354 g/mol. The molecule has 0 unspecified atom stereocenters. The summed E-state index contributed by atoms with van der Waals surface area (Å²) in [5.74, 6) is -2.31. The van der Waals surface area contributed by atoms with E-state index in [-0.39, 0.29) is 21.8 Å². The highest BCUT2D eigenvalue weighted by molar-refractivity contribution is 7.90. The smallest absolute Gasteiger partial charge is 0.255 e. The molecule has 0 radical (unpaired) electrons. The van der Waals surface area contributed by atoms with E-state index in [9.17, 15) is 22.0 Å². The lowest BCUT2D eigenvalue weighted by Crippen LogP contribution is -2.16. The summed E-state index contributed by atoms with van der Waals surface area (Å²) < 4.78 is 50.9. The van der Waals surface area contributed by atoms with E-state index in [1.54, 1.807) is 0 Å². The minimum Gasteiger partial charge on any atom is -0.373 e. The Morgan fingerprint density at radius 1 is 1.08 bits per heavy atom. The summed E-state index contributed by atoms with van der Waals surface area (Å²) in [4.78, 5) is 13.4. The molecule has 0 heterocycles. The molecule has 0 aromatic heterocycles. The molecule has 1 N–H and O–H groups in total. The first-order valence-electron chi connectivity index (χ1n) is 6.87. The largest absolute Gasteiger partial charge is 0.373 e. The lowest BCUT2D eigenvalue weighted by atomic mass is 10.2. The van der Waals surface area contributed by atoms with Gasteiger partial charge in [0.05, 0.1) is 4.90 Å². The number of carbonyl (C=O) groups is 1. The van der Waals surface area contributed by atoms with Crippen molar-refractivity contribution < 1.29 is 22.0 Å². The van der Waals surface area contributed by atoms with E-state index in [1.165, 1.54) is 43.3 Å². The molecule has 5 nitrogen and oxygen atoms in total. The second-order valence-electron chi connectivity index (χ2n) is 5.44. The number of hydrogen-bond acceptors (Lipinski definition) is 4. The van der Waals surface area contributed by atoms with Gasteiger partial charge in [0.2, 0.25) is 0 Å². The van der Waals surface area contributed by atoms with Crippen LogP contribution in [-0.2, 0) is 9.84 Å². The number of benzene rings is 2. The van der Waals surface area contributed by atoms with E-state index in [4.69, 9.17) is 0 Å². The standard InChI is InChI=1S/C16H16F2N2O3S/c1-20(2)15-13(17)8-11(9-14(15)18)19-16(21)10-5-4-6-12(7-10)24(3,22)23/h4-9H,1-3H3,(H,19,21). The maximum atomic E-state index is 13.9. The average molecular weight is 354 g/mol. The fraction of sp³-hybridized carbons (Fsp3) is 0.188. The fourth-order valence-corrected chi connectivity index (χ4v) is 2.80. The number of rotatable bonds is 4. The van der Waals surface area contributed by atoms with E-state index < -0.39 is 27.4 Å². The minimum absolute atomic E-state index is 0.0181. The van der Waals surface area contributed by atoms with Gasteiger partial charge in [-0.2, -0.15) is 0 Å². The molecule has 1 amide bonds. The molecule has 0 aliphatic rings. The van der Waals surface area contributed by atoms with Crippen molar-refractivity contribution in [2.75, 3.05) is 30.6 Å². The van der Waals surface area contributed by atoms with Crippen LogP contribution in [0.5, 0.6) is 0 Å².